The highest BCUT2D eigenvalue weighted by molar-refractivity contribution is 9.11. The third kappa shape index (κ3) is 2.50. The minimum Gasteiger partial charge on any atom is -0.493 e. The molecule has 90 valence electrons. The summed E-state index contributed by atoms with van der Waals surface area (Å²) in [6.45, 7) is 0. The maximum absolute atomic E-state index is 11.6. The molecule has 0 amide bonds. The molecular formula is C10H8BrNO4S. The maximum Gasteiger partial charge on any atom is 0.321 e. The Balaban J connectivity index is 2.32. The lowest BCUT2D eigenvalue weighted by molar-refractivity contribution is 0.392. The molecule has 1 aliphatic heterocycles. The van der Waals surface area contributed by atoms with Gasteiger partial charge in [0, 0.05) is 0 Å². The summed E-state index contributed by atoms with van der Waals surface area (Å²) in [5.74, 6) is 0.737. The van der Waals surface area contributed by atoms with Crippen molar-refractivity contribution in [1.82, 2.24) is 0 Å². The van der Waals surface area contributed by atoms with Gasteiger partial charge in [-0.1, -0.05) is 12.1 Å². The number of nitrogens with zero attached hydrogens (tertiary/aromatic N) is 1. The first-order chi connectivity index (χ1) is 8.03. The SMILES string of the molecule is COc1ccccc1OC1=NC(Br)=CS1(=O)=O. The first kappa shape index (κ1) is 12.1. The van der Waals surface area contributed by atoms with E-state index in [9.17, 15) is 8.42 Å². The zero-order chi connectivity index (χ0) is 12.5. The van der Waals surface area contributed by atoms with Crippen LogP contribution in [0, 0.1) is 0 Å². The van der Waals surface area contributed by atoms with Crippen LogP contribution in [0.3, 0.4) is 0 Å². The Labute approximate surface area is 107 Å². The van der Waals surface area contributed by atoms with Crippen molar-refractivity contribution >= 4 is 31.0 Å². The fraction of sp³-hybridized carbons (Fsp3) is 0.100. The Morgan fingerprint density at radius 3 is 2.41 bits per heavy atom. The third-order valence-electron chi connectivity index (χ3n) is 1.96. The van der Waals surface area contributed by atoms with Crippen molar-refractivity contribution in [3.63, 3.8) is 0 Å². The van der Waals surface area contributed by atoms with E-state index >= 15 is 0 Å². The van der Waals surface area contributed by atoms with Crippen LogP contribution in [-0.2, 0) is 9.84 Å². The van der Waals surface area contributed by atoms with Gasteiger partial charge in [0.2, 0.25) is 0 Å². The minimum absolute atomic E-state index is 0.211. The minimum atomic E-state index is -3.60. The fourth-order valence-corrected chi connectivity index (χ4v) is 3.09. The largest absolute Gasteiger partial charge is 0.493 e. The smallest absolute Gasteiger partial charge is 0.321 e. The number of sulfone groups is 1. The van der Waals surface area contributed by atoms with Gasteiger partial charge in [-0.05, 0) is 28.1 Å². The molecule has 0 aromatic heterocycles. The van der Waals surface area contributed by atoms with Gasteiger partial charge in [-0.3, -0.25) is 0 Å². The summed E-state index contributed by atoms with van der Waals surface area (Å²) in [4.78, 5) is 3.74. The molecule has 0 atom stereocenters. The highest BCUT2D eigenvalue weighted by Gasteiger charge is 2.27. The van der Waals surface area contributed by atoms with Gasteiger partial charge in [-0.2, -0.15) is 4.99 Å². The number of hydrogen-bond acceptors (Lipinski definition) is 5. The number of halogens is 1. The molecular weight excluding hydrogens is 310 g/mol. The van der Waals surface area contributed by atoms with Crippen molar-refractivity contribution in [3.05, 3.63) is 34.3 Å². The van der Waals surface area contributed by atoms with Crippen molar-refractivity contribution < 1.29 is 17.9 Å². The summed E-state index contributed by atoms with van der Waals surface area (Å²) < 4.78 is 33.6. The van der Waals surface area contributed by atoms with Gasteiger partial charge in [0.15, 0.2) is 11.5 Å². The first-order valence-corrected chi connectivity index (χ1v) is 6.89. The van der Waals surface area contributed by atoms with E-state index in [0.717, 1.165) is 5.41 Å². The highest BCUT2D eigenvalue weighted by Crippen LogP contribution is 2.29. The average molecular weight is 318 g/mol. The molecule has 0 saturated carbocycles. The van der Waals surface area contributed by atoms with E-state index in [-0.39, 0.29) is 9.84 Å². The molecule has 17 heavy (non-hydrogen) atoms. The molecule has 1 aromatic carbocycles. The lowest BCUT2D eigenvalue weighted by atomic mass is 10.3. The normalized spacial score (nSPS) is 17.3. The molecule has 1 heterocycles. The summed E-state index contributed by atoms with van der Waals surface area (Å²) >= 11 is 2.99. The van der Waals surface area contributed by atoms with Gasteiger partial charge in [0.05, 0.1) is 12.5 Å². The zero-order valence-electron chi connectivity index (χ0n) is 8.75. The molecule has 1 aromatic rings. The molecule has 0 aliphatic carbocycles. The highest BCUT2D eigenvalue weighted by atomic mass is 79.9. The van der Waals surface area contributed by atoms with E-state index in [1.54, 1.807) is 24.3 Å². The van der Waals surface area contributed by atoms with Crippen LogP contribution >= 0.6 is 15.9 Å². The number of hydrogen-bond donors (Lipinski definition) is 0. The molecule has 0 radical (unpaired) electrons. The van der Waals surface area contributed by atoms with E-state index in [4.69, 9.17) is 9.47 Å². The van der Waals surface area contributed by atoms with Gasteiger partial charge in [-0.25, -0.2) is 8.42 Å². The molecule has 0 unspecified atom stereocenters. The molecule has 0 saturated heterocycles. The third-order valence-corrected chi connectivity index (χ3v) is 3.86. The molecule has 0 bridgehead atoms. The molecule has 7 heteroatoms. The van der Waals surface area contributed by atoms with Crippen LogP contribution in [0.1, 0.15) is 0 Å². The Morgan fingerprint density at radius 2 is 1.88 bits per heavy atom. The van der Waals surface area contributed by atoms with Gasteiger partial charge in [-0.15, -0.1) is 0 Å². The van der Waals surface area contributed by atoms with Gasteiger partial charge >= 0.3 is 5.23 Å². The molecule has 2 rings (SSSR count). The predicted octanol–water partition coefficient (Wildman–Crippen LogP) is 2.05. The standard InChI is InChI=1S/C10H8BrNO4S/c1-15-7-4-2-3-5-8(7)16-10-12-9(11)6-17(10,13)14/h2-6H,1H3. The number of para-hydroxylation sites is 2. The van der Waals surface area contributed by atoms with Crippen LogP contribution in [0.5, 0.6) is 11.5 Å². The van der Waals surface area contributed by atoms with Crippen LogP contribution in [0.15, 0.2) is 39.3 Å². The van der Waals surface area contributed by atoms with E-state index in [1.807, 2.05) is 0 Å². The van der Waals surface area contributed by atoms with Gasteiger partial charge < -0.3 is 9.47 Å². The van der Waals surface area contributed by atoms with Crippen LogP contribution in [0.2, 0.25) is 0 Å². The fourth-order valence-electron chi connectivity index (χ4n) is 1.23. The van der Waals surface area contributed by atoms with Crippen molar-refractivity contribution in [2.24, 2.45) is 4.99 Å². The Bertz CT molecular complexity index is 606. The molecule has 0 spiro atoms. The Morgan fingerprint density at radius 1 is 1.24 bits per heavy atom. The summed E-state index contributed by atoms with van der Waals surface area (Å²) in [6, 6.07) is 6.73. The second kappa shape index (κ2) is 4.50. The lowest BCUT2D eigenvalue weighted by Gasteiger charge is -2.08. The van der Waals surface area contributed by atoms with E-state index in [2.05, 4.69) is 20.9 Å². The number of ether oxygens (including phenoxy) is 2. The van der Waals surface area contributed by atoms with Crippen LogP contribution in [-0.4, -0.2) is 20.8 Å². The van der Waals surface area contributed by atoms with E-state index in [0.29, 0.717) is 11.5 Å². The second-order valence-electron chi connectivity index (χ2n) is 3.12. The van der Waals surface area contributed by atoms with Crippen molar-refractivity contribution in [3.8, 4) is 11.5 Å². The second-order valence-corrected chi connectivity index (χ2v) is 5.60. The summed E-state index contributed by atoms with van der Waals surface area (Å²) in [7, 11) is -2.12. The zero-order valence-corrected chi connectivity index (χ0v) is 11.2. The Kier molecular flexibility index (Phi) is 3.21. The van der Waals surface area contributed by atoms with Gasteiger partial charge in [0.1, 0.15) is 4.61 Å². The van der Waals surface area contributed by atoms with Crippen molar-refractivity contribution in [1.29, 1.82) is 0 Å². The molecule has 1 aliphatic rings. The molecule has 5 nitrogen and oxygen atoms in total. The number of rotatable bonds is 2. The monoisotopic (exact) mass is 317 g/mol. The van der Waals surface area contributed by atoms with E-state index in [1.165, 1.54) is 7.11 Å². The maximum atomic E-state index is 11.6. The average Bonchev–Trinajstić information content (AvgIpc) is 2.52. The van der Waals surface area contributed by atoms with Crippen molar-refractivity contribution in [2.45, 2.75) is 0 Å². The van der Waals surface area contributed by atoms with Gasteiger partial charge in [0.25, 0.3) is 9.84 Å². The lowest BCUT2D eigenvalue weighted by Crippen LogP contribution is -2.16. The topological polar surface area (TPSA) is 65.0 Å². The Hall–Kier alpha value is -1.34. The first-order valence-electron chi connectivity index (χ1n) is 4.55. The molecule has 0 fully saturated rings. The van der Waals surface area contributed by atoms with E-state index < -0.39 is 9.84 Å². The quantitative estimate of drug-likeness (QED) is 0.783. The number of benzene rings is 1. The number of methoxy groups -OCH3 is 1. The van der Waals surface area contributed by atoms with Crippen LogP contribution < -0.4 is 9.47 Å². The predicted molar refractivity (Wildman–Crippen MR) is 67.0 cm³/mol. The summed E-state index contributed by atoms with van der Waals surface area (Å²) in [5, 5.41) is 0.617. The van der Waals surface area contributed by atoms with Crippen LogP contribution in [0.4, 0.5) is 0 Å². The molecule has 0 N–H and O–H groups in total. The number of aliphatic imine (C=N–C) groups is 1. The van der Waals surface area contributed by atoms with Crippen molar-refractivity contribution in [2.75, 3.05) is 7.11 Å². The van der Waals surface area contributed by atoms with Crippen LogP contribution in [0.25, 0.3) is 0 Å². The summed E-state index contributed by atoms with van der Waals surface area (Å²) in [6.07, 6.45) is 0. The summed E-state index contributed by atoms with van der Waals surface area (Å²) in [5.41, 5.74) is 0.